The summed E-state index contributed by atoms with van der Waals surface area (Å²) >= 11 is 0. The van der Waals surface area contributed by atoms with Gasteiger partial charge in [-0.15, -0.1) is 0 Å². The molecule has 0 aliphatic heterocycles. The van der Waals surface area contributed by atoms with Crippen molar-refractivity contribution in [2.75, 3.05) is 17.7 Å². The van der Waals surface area contributed by atoms with Gasteiger partial charge >= 0.3 is 19.8 Å². The minimum absolute atomic E-state index is 0.0338. The molecule has 0 radical (unpaired) electrons. The molecule has 6 N–H and O–H groups in total. The summed E-state index contributed by atoms with van der Waals surface area (Å²) in [5, 5.41) is 15.4. The number of fused-ring (bicyclic) bond motifs is 1. The molecule has 0 saturated heterocycles. The topological polar surface area (TPSA) is 264 Å². The monoisotopic (exact) mass is 811 g/mol. The number of anilines is 2. The third-order valence-corrected chi connectivity index (χ3v) is 9.61. The van der Waals surface area contributed by atoms with Gasteiger partial charge in [0.15, 0.2) is 11.2 Å². The SMILES string of the molecule is C#COP(=O)(OCC)OCc1ccc(OC(=O)c2ccc(C)cc2CC(=O)CC[C@H](NC(=O)c2ccc(NCc3cnc4nc(N)[nH]c(=O)c4n3)cc2)C(=O)O)cc1. The summed E-state index contributed by atoms with van der Waals surface area (Å²) in [6.07, 6.45) is 7.70. The first-order valence-corrected chi connectivity index (χ1v) is 19.1. The van der Waals surface area contributed by atoms with Crippen molar-refractivity contribution in [3.05, 3.63) is 117 Å². The highest BCUT2D eigenvalue weighted by atomic mass is 31.2. The molecule has 3 aromatic carbocycles. The van der Waals surface area contributed by atoms with Crippen molar-refractivity contribution >= 4 is 54.3 Å². The van der Waals surface area contributed by atoms with Gasteiger partial charge in [-0.05, 0) is 73.9 Å². The summed E-state index contributed by atoms with van der Waals surface area (Å²) in [5.41, 5.74) is 8.24. The molecule has 18 nitrogen and oxygen atoms in total. The average Bonchev–Trinajstić information content (AvgIpc) is 3.18. The number of carboxylic acid groups (broad SMARTS) is 1. The van der Waals surface area contributed by atoms with E-state index < -0.39 is 37.3 Å². The molecule has 5 aromatic rings. The number of phosphoric acid groups is 1. The van der Waals surface area contributed by atoms with Crippen molar-refractivity contribution < 1.29 is 47.2 Å². The number of amides is 1. The zero-order chi connectivity index (χ0) is 41.8. The number of carboxylic acids is 1. The van der Waals surface area contributed by atoms with Crippen LogP contribution in [0.15, 0.2) is 77.7 Å². The normalized spacial score (nSPS) is 12.4. The van der Waals surface area contributed by atoms with E-state index in [4.69, 9.17) is 25.9 Å². The van der Waals surface area contributed by atoms with E-state index in [1.807, 2.05) is 0 Å². The number of phosphoric ester groups is 1. The third kappa shape index (κ3) is 11.6. The van der Waals surface area contributed by atoms with Gasteiger partial charge in [0, 0.05) is 24.1 Å². The van der Waals surface area contributed by atoms with E-state index in [-0.39, 0.29) is 78.8 Å². The highest BCUT2D eigenvalue weighted by Gasteiger charge is 2.27. The van der Waals surface area contributed by atoms with Crippen LogP contribution in [-0.4, -0.2) is 61.3 Å². The molecule has 0 aliphatic rings. The number of nitrogens with two attached hydrogens (primary N) is 1. The van der Waals surface area contributed by atoms with Gasteiger partial charge in [-0.25, -0.2) is 24.1 Å². The van der Waals surface area contributed by atoms with Crippen molar-refractivity contribution in [1.29, 1.82) is 0 Å². The van der Waals surface area contributed by atoms with Crippen molar-refractivity contribution in [1.82, 2.24) is 25.3 Å². The molecule has 2 aromatic heterocycles. The molecule has 0 bridgehead atoms. The smallest absolute Gasteiger partial charge is 0.480 e. The average molecular weight is 812 g/mol. The molecule has 1 amide bonds. The van der Waals surface area contributed by atoms with E-state index >= 15 is 0 Å². The number of H-pyrrole nitrogens is 1. The quantitative estimate of drug-likeness (QED) is 0.0333. The second-order valence-corrected chi connectivity index (χ2v) is 14.2. The number of nitrogens with one attached hydrogen (secondary N) is 3. The van der Waals surface area contributed by atoms with Gasteiger partial charge in [0.1, 0.15) is 23.7 Å². The van der Waals surface area contributed by atoms with Crippen LogP contribution < -0.4 is 26.7 Å². The zero-order valence-electron chi connectivity index (χ0n) is 31.2. The molecule has 58 heavy (non-hydrogen) atoms. The highest BCUT2D eigenvalue weighted by molar-refractivity contribution is 7.48. The highest BCUT2D eigenvalue weighted by Crippen LogP contribution is 2.49. The van der Waals surface area contributed by atoms with Crippen LogP contribution in [0.25, 0.3) is 11.2 Å². The number of aromatic amines is 1. The molecule has 19 heteroatoms. The number of rotatable bonds is 19. The number of hydrogen-bond acceptors (Lipinski definition) is 15. The van der Waals surface area contributed by atoms with Gasteiger partial charge in [-0.3, -0.25) is 28.4 Å². The Morgan fingerprint density at radius 2 is 1.78 bits per heavy atom. The molecular weight excluding hydrogens is 773 g/mol. The van der Waals surface area contributed by atoms with E-state index in [2.05, 4.69) is 35.1 Å². The number of terminal acetylenes is 1. The molecule has 300 valence electrons. The number of nitrogen functional groups attached to an aromatic ring is 1. The Kier molecular flexibility index (Phi) is 14.0. The molecule has 1 unspecified atom stereocenters. The Labute approximate surface area is 331 Å². The minimum Gasteiger partial charge on any atom is -0.480 e. The summed E-state index contributed by atoms with van der Waals surface area (Å²) in [4.78, 5) is 78.2. The molecule has 5 rings (SSSR count). The van der Waals surface area contributed by atoms with Gasteiger partial charge in [-0.1, -0.05) is 36.3 Å². The van der Waals surface area contributed by atoms with Gasteiger partial charge in [0.05, 0.1) is 37.2 Å². The van der Waals surface area contributed by atoms with Gasteiger partial charge in [0.2, 0.25) is 5.95 Å². The number of benzene rings is 3. The number of esters is 1. The van der Waals surface area contributed by atoms with Crippen LogP contribution >= 0.6 is 7.82 Å². The fourth-order valence-corrected chi connectivity index (χ4v) is 6.38. The van der Waals surface area contributed by atoms with Gasteiger partial charge in [-0.2, -0.15) is 4.98 Å². The largest absolute Gasteiger partial charge is 0.538 e. The first-order chi connectivity index (χ1) is 27.7. The molecule has 2 atom stereocenters. The molecule has 0 spiro atoms. The van der Waals surface area contributed by atoms with Crippen LogP contribution in [0.1, 0.15) is 62.9 Å². The third-order valence-electron chi connectivity index (χ3n) is 8.27. The Morgan fingerprint density at radius 1 is 1.03 bits per heavy atom. The van der Waals surface area contributed by atoms with E-state index in [9.17, 15) is 33.6 Å². The number of hydrogen-bond donors (Lipinski definition) is 5. The maximum absolute atomic E-state index is 13.2. The fraction of sp³-hybridized carbons (Fsp3) is 0.231. The number of ether oxygens (including phenoxy) is 1. The number of carbonyl (C=O) groups is 4. The van der Waals surface area contributed by atoms with Crippen LogP contribution in [-0.2, 0) is 47.3 Å². The Morgan fingerprint density at radius 3 is 2.47 bits per heavy atom. The number of carbonyl (C=O) groups excluding carboxylic acids is 3. The van der Waals surface area contributed by atoms with Crippen molar-refractivity contribution in [2.45, 2.75) is 52.3 Å². The lowest BCUT2D eigenvalue weighted by Gasteiger charge is -2.15. The van der Waals surface area contributed by atoms with Crippen LogP contribution in [0.4, 0.5) is 11.6 Å². The lowest BCUT2D eigenvalue weighted by atomic mass is 9.97. The predicted octanol–water partition coefficient (Wildman–Crippen LogP) is 4.48. The Balaban J connectivity index is 1.13. The number of aliphatic carboxylic acids is 1. The summed E-state index contributed by atoms with van der Waals surface area (Å²) < 4.78 is 32.8. The van der Waals surface area contributed by atoms with Crippen LogP contribution in [0.2, 0.25) is 0 Å². The Bertz CT molecular complexity index is 2470. The van der Waals surface area contributed by atoms with Crippen molar-refractivity contribution in [2.24, 2.45) is 0 Å². The number of aromatic nitrogens is 4. The fourth-order valence-electron chi connectivity index (χ4n) is 5.44. The molecule has 0 saturated carbocycles. The lowest BCUT2D eigenvalue weighted by molar-refractivity contribution is -0.139. The first-order valence-electron chi connectivity index (χ1n) is 17.6. The van der Waals surface area contributed by atoms with Crippen molar-refractivity contribution in [3.8, 4) is 18.3 Å². The maximum atomic E-state index is 13.2. The predicted molar refractivity (Wildman–Crippen MR) is 209 cm³/mol. The van der Waals surface area contributed by atoms with Crippen LogP contribution in [0, 0.1) is 19.5 Å². The van der Waals surface area contributed by atoms with Crippen LogP contribution in [0.5, 0.6) is 5.75 Å². The summed E-state index contributed by atoms with van der Waals surface area (Å²) in [5.74, 6) is -2.96. The number of aryl methyl sites for hydroxylation is 1. The van der Waals surface area contributed by atoms with E-state index in [0.29, 0.717) is 22.5 Å². The molecular formula is C39H38N7O11P. The minimum atomic E-state index is -3.95. The maximum Gasteiger partial charge on any atom is 0.538 e. The zero-order valence-corrected chi connectivity index (χ0v) is 32.1. The van der Waals surface area contributed by atoms with E-state index in [1.165, 1.54) is 36.5 Å². The molecule has 0 aliphatic carbocycles. The van der Waals surface area contributed by atoms with Gasteiger partial charge in [0.25, 0.3) is 11.5 Å². The van der Waals surface area contributed by atoms with E-state index in [0.717, 1.165) is 5.56 Å². The molecule has 2 heterocycles. The van der Waals surface area contributed by atoms with Crippen molar-refractivity contribution in [3.63, 3.8) is 0 Å². The molecule has 0 fully saturated rings. The van der Waals surface area contributed by atoms with Gasteiger partial charge < -0.3 is 30.7 Å². The summed E-state index contributed by atoms with van der Waals surface area (Å²) in [7, 11) is -3.95. The first kappa shape index (κ1) is 42.2. The van der Waals surface area contributed by atoms with Crippen LogP contribution in [0.3, 0.4) is 0 Å². The standard InChI is InChI=1S/C39H38N7O11P/c1-4-54-58(53,55-5-2)56-22-24-7-14-30(15-8-24)57-38(52)31-16-6-23(3)18-26(31)19-29(47)13-17-32(37(50)51)44-35(48)25-9-11-27(12-10-25)41-20-28-21-42-34-33(43-28)36(49)46-39(40)45-34/h1,6-12,14-16,18,21,32,41H,5,13,17,19-20,22H2,2-3H3,(H,44,48)(H,50,51)(H3,40,42,45,46,49)/t32-,58?/m0/s1. The summed E-state index contributed by atoms with van der Waals surface area (Å²) in [6, 6.07) is 15.9. The van der Waals surface area contributed by atoms with E-state index in [1.54, 1.807) is 56.4 Å². The second kappa shape index (κ2) is 19.3. The Hall–Kier alpha value is -6.93. The lowest BCUT2D eigenvalue weighted by Crippen LogP contribution is -2.41. The second-order valence-electron chi connectivity index (χ2n) is 12.6. The number of nitrogens with zero attached hydrogens (tertiary/aromatic N) is 3. The number of Topliss-reactive ketones (excluding diaryl/α,β-unsaturated/α-hetero) is 1. The number of ketones is 1. The summed E-state index contributed by atoms with van der Waals surface area (Å²) in [6.45, 7) is 3.47.